The molecule has 1 rings (SSSR count). The number of nitrogens with zero attached hydrogens (tertiary/aromatic N) is 1. The Bertz CT molecular complexity index is 303. The fourth-order valence-corrected chi connectivity index (χ4v) is 0.884. The van der Waals surface area contributed by atoms with Gasteiger partial charge in [0.2, 0.25) is 5.95 Å². The number of aromatic nitrogens is 1. The predicted molar refractivity (Wildman–Crippen MR) is 40.4 cm³/mol. The highest BCUT2D eigenvalue weighted by molar-refractivity contribution is 9.10. The Morgan fingerprint density at radius 1 is 1.64 bits per heavy atom. The van der Waals surface area contributed by atoms with Crippen LogP contribution in [0.3, 0.4) is 0 Å². The van der Waals surface area contributed by atoms with Gasteiger partial charge in [0.1, 0.15) is 4.60 Å². The van der Waals surface area contributed by atoms with E-state index in [1.165, 1.54) is 12.1 Å². The summed E-state index contributed by atoms with van der Waals surface area (Å²) in [5.74, 6) is -1.67. The zero-order chi connectivity index (χ0) is 8.43. The third-order valence-corrected chi connectivity index (χ3v) is 1.52. The lowest BCUT2D eigenvalue weighted by atomic mass is 10.3. The zero-order valence-corrected chi connectivity index (χ0v) is 6.93. The van der Waals surface area contributed by atoms with Gasteiger partial charge in [-0.2, -0.15) is 4.39 Å². The van der Waals surface area contributed by atoms with E-state index in [0.29, 0.717) is 4.60 Å². The summed E-state index contributed by atoms with van der Waals surface area (Å²) in [6.45, 7) is 0. The number of amides is 1. The summed E-state index contributed by atoms with van der Waals surface area (Å²) in [4.78, 5) is 13.8. The van der Waals surface area contributed by atoms with Crippen molar-refractivity contribution in [1.82, 2.24) is 4.98 Å². The molecule has 0 radical (unpaired) electrons. The predicted octanol–water partition coefficient (Wildman–Crippen LogP) is 1.08. The fraction of sp³-hybridized carbons (Fsp3) is 0. The number of hydrogen-bond acceptors (Lipinski definition) is 2. The summed E-state index contributed by atoms with van der Waals surface area (Å²) in [5, 5.41) is 0. The molecule has 0 saturated heterocycles. The van der Waals surface area contributed by atoms with E-state index < -0.39 is 11.9 Å². The molecule has 0 spiro atoms. The normalized spacial score (nSPS) is 9.64. The van der Waals surface area contributed by atoms with Crippen LogP contribution in [0.2, 0.25) is 0 Å². The van der Waals surface area contributed by atoms with Crippen molar-refractivity contribution in [3.8, 4) is 0 Å². The van der Waals surface area contributed by atoms with Crippen LogP contribution in [0, 0.1) is 5.95 Å². The van der Waals surface area contributed by atoms with Crippen molar-refractivity contribution in [3.05, 3.63) is 28.2 Å². The molecule has 0 aromatic carbocycles. The van der Waals surface area contributed by atoms with Crippen LogP contribution in [0.25, 0.3) is 0 Å². The molecule has 0 aliphatic heterocycles. The first-order valence-corrected chi connectivity index (χ1v) is 3.52. The highest BCUT2D eigenvalue weighted by atomic mass is 79.9. The third-order valence-electron chi connectivity index (χ3n) is 1.08. The van der Waals surface area contributed by atoms with Gasteiger partial charge in [0.15, 0.2) is 0 Å². The molecule has 1 aromatic heterocycles. The average molecular weight is 219 g/mol. The summed E-state index contributed by atoms with van der Waals surface area (Å²) in [6.07, 6.45) is 0. The maximum absolute atomic E-state index is 12.7. The van der Waals surface area contributed by atoms with Crippen LogP contribution in [0.5, 0.6) is 0 Å². The third kappa shape index (κ3) is 1.74. The SMILES string of the molecule is NC(=O)c1ccc(Br)nc1F. The van der Waals surface area contributed by atoms with E-state index in [9.17, 15) is 9.18 Å². The molecule has 0 bridgehead atoms. The van der Waals surface area contributed by atoms with Gasteiger partial charge < -0.3 is 5.73 Å². The maximum atomic E-state index is 12.7. The molecular weight excluding hydrogens is 215 g/mol. The molecule has 1 aromatic rings. The Kier molecular flexibility index (Phi) is 2.19. The largest absolute Gasteiger partial charge is 0.365 e. The van der Waals surface area contributed by atoms with Gasteiger partial charge in [-0.05, 0) is 28.1 Å². The molecule has 11 heavy (non-hydrogen) atoms. The van der Waals surface area contributed by atoms with Crippen molar-refractivity contribution in [3.63, 3.8) is 0 Å². The van der Waals surface area contributed by atoms with Gasteiger partial charge in [-0.1, -0.05) is 0 Å². The van der Waals surface area contributed by atoms with Crippen LogP contribution in [-0.4, -0.2) is 10.9 Å². The van der Waals surface area contributed by atoms with Crippen LogP contribution in [0.15, 0.2) is 16.7 Å². The molecule has 0 unspecified atom stereocenters. The molecule has 0 fully saturated rings. The van der Waals surface area contributed by atoms with Gasteiger partial charge in [0, 0.05) is 0 Å². The molecule has 0 aliphatic carbocycles. The highest BCUT2D eigenvalue weighted by Gasteiger charge is 2.08. The number of rotatable bonds is 1. The molecule has 3 nitrogen and oxygen atoms in total. The molecule has 1 amide bonds. The lowest BCUT2D eigenvalue weighted by Gasteiger charge is -1.95. The number of primary amides is 1. The molecule has 0 saturated carbocycles. The number of nitrogens with two attached hydrogens (primary N) is 1. The first-order valence-electron chi connectivity index (χ1n) is 2.73. The lowest BCUT2D eigenvalue weighted by Crippen LogP contribution is -2.13. The van der Waals surface area contributed by atoms with Crippen molar-refractivity contribution in [2.45, 2.75) is 0 Å². The van der Waals surface area contributed by atoms with Crippen LogP contribution >= 0.6 is 15.9 Å². The van der Waals surface area contributed by atoms with E-state index in [4.69, 9.17) is 5.73 Å². The van der Waals surface area contributed by atoms with Crippen molar-refractivity contribution in [1.29, 1.82) is 0 Å². The number of carbonyl (C=O) groups excluding carboxylic acids is 1. The number of hydrogen-bond donors (Lipinski definition) is 1. The summed E-state index contributed by atoms with van der Waals surface area (Å²) in [7, 11) is 0. The summed E-state index contributed by atoms with van der Waals surface area (Å²) >= 11 is 2.94. The van der Waals surface area contributed by atoms with Gasteiger partial charge in [0.05, 0.1) is 5.56 Å². The topological polar surface area (TPSA) is 56.0 Å². The van der Waals surface area contributed by atoms with Crippen LogP contribution in [0.1, 0.15) is 10.4 Å². The van der Waals surface area contributed by atoms with Gasteiger partial charge in [-0.15, -0.1) is 0 Å². The quantitative estimate of drug-likeness (QED) is 0.718. The molecule has 2 N–H and O–H groups in total. The van der Waals surface area contributed by atoms with Crippen molar-refractivity contribution < 1.29 is 9.18 Å². The van der Waals surface area contributed by atoms with E-state index in [-0.39, 0.29) is 5.56 Å². The molecule has 1 heterocycles. The lowest BCUT2D eigenvalue weighted by molar-refractivity contribution is 0.0995. The fourth-order valence-electron chi connectivity index (χ4n) is 0.596. The van der Waals surface area contributed by atoms with E-state index in [0.717, 1.165) is 0 Å². The summed E-state index contributed by atoms with van der Waals surface area (Å²) in [6, 6.07) is 2.72. The number of pyridine rings is 1. The number of halogens is 2. The maximum Gasteiger partial charge on any atom is 0.253 e. The Morgan fingerprint density at radius 3 is 2.73 bits per heavy atom. The highest BCUT2D eigenvalue weighted by Crippen LogP contribution is 2.09. The second-order valence-electron chi connectivity index (χ2n) is 1.84. The minimum Gasteiger partial charge on any atom is -0.365 e. The smallest absolute Gasteiger partial charge is 0.253 e. The molecule has 5 heteroatoms. The van der Waals surface area contributed by atoms with Gasteiger partial charge in [0.25, 0.3) is 5.91 Å². The van der Waals surface area contributed by atoms with Crippen LogP contribution < -0.4 is 5.73 Å². The Hall–Kier alpha value is -0.970. The van der Waals surface area contributed by atoms with E-state index in [1.54, 1.807) is 0 Å². The molecule has 58 valence electrons. The Morgan fingerprint density at radius 2 is 2.27 bits per heavy atom. The van der Waals surface area contributed by atoms with Gasteiger partial charge in [-0.3, -0.25) is 4.79 Å². The summed E-state index contributed by atoms with van der Waals surface area (Å²) in [5.41, 5.74) is 4.63. The van der Waals surface area contributed by atoms with E-state index in [2.05, 4.69) is 20.9 Å². The zero-order valence-electron chi connectivity index (χ0n) is 5.34. The molecule has 0 aliphatic rings. The van der Waals surface area contributed by atoms with Crippen LogP contribution in [0.4, 0.5) is 4.39 Å². The minimum atomic E-state index is -0.855. The summed E-state index contributed by atoms with van der Waals surface area (Å²) < 4.78 is 13.0. The first kappa shape index (κ1) is 8.13. The number of carbonyl (C=O) groups is 1. The van der Waals surface area contributed by atoms with Gasteiger partial charge >= 0.3 is 0 Å². The van der Waals surface area contributed by atoms with Crippen LogP contribution in [-0.2, 0) is 0 Å². The standard InChI is InChI=1S/C6H4BrFN2O/c7-4-2-1-3(6(9)11)5(8)10-4/h1-2H,(H2,9,11). The Balaban J connectivity index is 3.20. The minimum absolute atomic E-state index is 0.201. The first-order chi connectivity index (χ1) is 5.11. The Labute approximate surface area is 70.6 Å². The van der Waals surface area contributed by atoms with Gasteiger partial charge in [-0.25, -0.2) is 4.98 Å². The van der Waals surface area contributed by atoms with Crippen molar-refractivity contribution in [2.24, 2.45) is 5.73 Å². The van der Waals surface area contributed by atoms with E-state index in [1.807, 2.05) is 0 Å². The monoisotopic (exact) mass is 218 g/mol. The molecule has 0 atom stereocenters. The van der Waals surface area contributed by atoms with E-state index >= 15 is 0 Å². The second kappa shape index (κ2) is 2.96. The average Bonchev–Trinajstić information content (AvgIpc) is 1.85. The second-order valence-corrected chi connectivity index (χ2v) is 2.65. The van der Waals surface area contributed by atoms with Crippen molar-refractivity contribution in [2.75, 3.05) is 0 Å². The molecular formula is C6H4BrFN2O. The van der Waals surface area contributed by atoms with Crippen molar-refractivity contribution >= 4 is 21.8 Å².